The van der Waals surface area contributed by atoms with Crippen molar-refractivity contribution >= 4 is 29.0 Å². The number of nitrogens with zero attached hydrogens (tertiary/aromatic N) is 5. The Bertz CT molecular complexity index is 688. The lowest BCUT2D eigenvalue weighted by Gasteiger charge is -2.03. The first-order valence-electron chi connectivity index (χ1n) is 5.96. The van der Waals surface area contributed by atoms with Gasteiger partial charge in [-0.25, -0.2) is 0 Å². The molecule has 0 aliphatic heterocycles. The first-order chi connectivity index (χ1) is 9.28. The Kier molecular flexibility index (Phi) is 3.00. The van der Waals surface area contributed by atoms with Gasteiger partial charge in [-0.2, -0.15) is 19.5 Å². The Morgan fingerprint density at radius 1 is 1.37 bits per heavy atom. The minimum absolute atomic E-state index is 0.277. The fourth-order valence-corrected chi connectivity index (χ4v) is 2.28. The summed E-state index contributed by atoms with van der Waals surface area (Å²) in [5.41, 5.74) is 5.87. The third-order valence-corrected chi connectivity index (χ3v) is 3.37. The van der Waals surface area contributed by atoms with E-state index in [2.05, 4.69) is 32.3 Å². The Balaban J connectivity index is 2.04. The summed E-state index contributed by atoms with van der Waals surface area (Å²) in [6.07, 6.45) is 0.988. The number of nitrogens with two attached hydrogens (primary N) is 1. The number of fused-ring (bicyclic) bond motifs is 1. The van der Waals surface area contributed by atoms with Crippen LogP contribution in [0, 0.1) is 0 Å². The van der Waals surface area contributed by atoms with Crippen LogP contribution in [-0.2, 0) is 0 Å². The third kappa shape index (κ3) is 2.22. The Hall–Kier alpha value is -2.22. The molecule has 0 fully saturated rings. The molecule has 7 nitrogen and oxygen atoms in total. The van der Waals surface area contributed by atoms with Crippen LogP contribution in [0.4, 0.5) is 11.9 Å². The number of nitrogens with one attached hydrogen (secondary N) is 1. The molecule has 0 atom stereocenters. The zero-order chi connectivity index (χ0) is 13.2. The molecule has 0 amide bonds. The molecule has 0 radical (unpaired) electrons. The summed E-state index contributed by atoms with van der Waals surface area (Å²) >= 11 is 1.57. The standard InChI is InChI=1S/C11H13N7S/c1-2-5-13-10-15-9(12)18-11(16-10)14-8(17-18)7-4-3-6-19-7/h3-4,6H,2,5H2,1H3,(H3,12,13,14,15,16,17). The van der Waals surface area contributed by atoms with Crippen molar-refractivity contribution in [1.29, 1.82) is 0 Å². The van der Waals surface area contributed by atoms with Gasteiger partial charge in [-0.05, 0) is 17.9 Å². The molecule has 0 aromatic carbocycles. The summed E-state index contributed by atoms with van der Waals surface area (Å²) in [5.74, 6) is 1.83. The monoisotopic (exact) mass is 275 g/mol. The van der Waals surface area contributed by atoms with Crippen molar-refractivity contribution in [2.45, 2.75) is 13.3 Å². The maximum absolute atomic E-state index is 5.87. The minimum Gasteiger partial charge on any atom is -0.368 e. The zero-order valence-electron chi connectivity index (χ0n) is 10.4. The normalized spacial score (nSPS) is 11.0. The maximum atomic E-state index is 5.87. The van der Waals surface area contributed by atoms with E-state index in [1.807, 2.05) is 17.5 Å². The van der Waals surface area contributed by atoms with Crippen LogP contribution in [0.25, 0.3) is 16.5 Å². The number of hydrogen-bond acceptors (Lipinski definition) is 7. The first kappa shape index (κ1) is 11.8. The van der Waals surface area contributed by atoms with Crippen molar-refractivity contribution in [1.82, 2.24) is 24.6 Å². The van der Waals surface area contributed by atoms with Gasteiger partial charge in [0.05, 0.1) is 4.88 Å². The van der Waals surface area contributed by atoms with E-state index in [-0.39, 0.29) is 5.95 Å². The molecule has 3 N–H and O–H groups in total. The van der Waals surface area contributed by atoms with Gasteiger partial charge in [0, 0.05) is 6.54 Å². The molecule has 0 aliphatic carbocycles. The van der Waals surface area contributed by atoms with Crippen LogP contribution >= 0.6 is 11.3 Å². The molecule has 8 heteroatoms. The van der Waals surface area contributed by atoms with E-state index in [0.717, 1.165) is 17.8 Å². The average molecular weight is 275 g/mol. The van der Waals surface area contributed by atoms with Gasteiger partial charge in [-0.3, -0.25) is 0 Å². The van der Waals surface area contributed by atoms with Crippen molar-refractivity contribution in [2.75, 3.05) is 17.6 Å². The Labute approximate surface area is 113 Å². The summed E-state index contributed by atoms with van der Waals surface area (Å²) in [5, 5.41) is 9.38. The largest absolute Gasteiger partial charge is 0.368 e. The van der Waals surface area contributed by atoms with E-state index < -0.39 is 0 Å². The molecule has 0 saturated heterocycles. The molecule has 3 aromatic rings. The molecule has 0 saturated carbocycles. The van der Waals surface area contributed by atoms with Crippen molar-refractivity contribution in [2.24, 2.45) is 0 Å². The molecule has 19 heavy (non-hydrogen) atoms. The highest BCUT2D eigenvalue weighted by molar-refractivity contribution is 7.13. The first-order valence-corrected chi connectivity index (χ1v) is 6.84. The predicted molar refractivity (Wildman–Crippen MR) is 75.1 cm³/mol. The number of thiophene rings is 1. The van der Waals surface area contributed by atoms with Crippen molar-refractivity contribution < 1.29 is 0 Å². The number of anilines is 2. The lowest BCUT2D eigenvalue weighted by Crippen LogP contribution is -2.10. The smallest absolute Gasteiger partial charge is 0.259 e. The summed E-state index contributed by atoms with van der Waals surface area (Å²) in [4.78, 5) is 13.8. The SMILES string of the molecule is CCCNc1nc(N)n2nc(-c3cccs3)nc2n1. The highest BCUT2D eigenvalue weighted by Crippen LogP contribution is 2.22. The van der Waals surface area contributed by atoms with Crippen LogP contribution in [0.3, 0.4) is 0 Å². The van der Waals surface area contributed by atoms with Crippen molar-refractivity contribution in [3.8, 4) is 10.7 Å². The lowest BCUT2D eigenvalue weighted by atomic mass is 10.4. The quantitative estimate of drug-likeness (QED) is 0.752. The molecule has 0 spiro atoms. The van der Waals surface area contributed by atoms with Gasteiger partial charge in [-0.15, -0.1) is 16.4 Å². The summed E-state index contributed by atoms with van der Waals surface area (Å²) in [6, 6.07) is 3.91. The summed E-state index contributed by atoms with van der Waals surface area (Å²) in [7, 11) is 0. The molecule has 3 heterocycles. The van der Waals surface area contributed by atoms with Crippen LogP contribution in [0.1, 0.15) is 13.3 Å². The highest BCUT2D eigenvalue weighted by atomic mass is 32.1. The molecule has 0 bridgehead atoms. The third-order valence-electron chi connectivity index (χ3n) is 2.51. The van der Waals surface area contributed by atoms with E-state index in [9.17, 15) is 0 Å². The second-order valence-electron chi connectivity index (χ2n) is 3.96. The molecular formula is C11H13N7S. The summed E-state index contributed by atoms with van der Waals surface area (Å²) < 4.78 is 1.45. The number of hydrogen-bond donors (Lipinski definition) is 2. The van der Waals surface area contributed by atoms with Crippen molar-refractivity contribution in [3.05, 3.63) is 17.5 Å². The number of nitrogen functional groups attached to an aromatic ring is 1. The van der Waals surface area contributed by atoms with Gasteiger partial charge in [0.15, 0.2) is 5.82 Å². The van der Waals surface area contributed by atoms with Crippen molar-refractivity contribution in [3.63, 3.8) is 0 Å². The fraction of sp³-hybridized carbons (Fsp3) is 0.273. The molecular weight excluding hydrogens is 262 g/mol. The highest BCUT2D eigenvalue weighted by Gasteiger charge is 2.12. The van der Waals surface area contributed by atoms with Crippen LogP contribution in [-0.4, -0.2) is 31.1 Å². The van der Waals surface area contributed by atoms with Gasteiger partial charge in [0.1, 0.15) is 0 Å². The van der Waals surface area contributed by atoms with Gasteiger partial charge in [0.2, 0.25) is 11.9 Å². The lowest BCUT2D eigenvalue weighted by molar-refractivity contribution is 0.895. The fourth-order valence-electron chi connectivity index (χ4n) is 1.63. The molecule has 0 aliphatic rings. The van der Waals surface area contributed by atoms with Crippen LogP contribution in [0.5, 0.6) is 0 Å². The van der Waals surface area contributed by atoms with E-state index in [0.29, 0.717) is 17.6 Å². The minimum atomic E-state index is 0.277. The van der Waals surface area contributed by atoms with E-state index in [1.54, 1.807) is 11.3 Å². The van der Waals surface area contributed by atoms with Gasteiger partial charge >= 0.3 is 0 Å². The predicted octanol–water partition coefficient (Wildman–Crippen LogP) is 1.65. The number of rotatable bonds is 4. The second kappa shape index (κ2) is 4.81. The van der Waals surface area contributed by atoms with Gasteiger partial charge < -0.3 is 11.1 Å². The topological polar surface area (TPSA) is 94.0 Å². The summed E-state index contributed by atoms with van der Waals surface area (Å²) in [6.45, 7) is 2.86. The second-order valence-corrected chi connectivity index (χ2v) is 4.90. The van der Waals surface area contributed by atoms with Crippen LogP contribution < -0.4 is 11.1 Å². The maximum Gasteiger partial charge on any atom is 0.259 e. The number of aromatic nitrogens is 5. The van der Waals surface area contributed by atoms with E-state index in [1.165, 1.54) is 4.52 Å². The van der Waals surface area contributed by atoms with E-state index in [4.69, 9.17) is 5.73 Å². The van der Waals surface area contributed by atoms with E-state index >= 15 is 0 Å². The van der Waals surface area contributed by atoms with Gasteiger partial charge in [0.25, 0.3) is 5.78 Å². The molecule has 3 rings (SSSR count). The molecule has 3 aromatic heterocycles. The van der Waals surface area contributed by atoms with Gasteiger partial charge in [-0.1, -0.05) is 13.0 Å². The molecule has 98 valence electrons. The van der Waals surface area contributed by atoms with Crippen LogP contribution in [0.2, 0.25) is 0 Å². The average Bonchev–Trinajstić information content (AvgIpc) is 3.04. The Morgan fingerprint density at radius 2 is 2.26 bits per heavy atom. The van der Waals surface area contributed by atoms with Crippen LogP contribution in [0.15, 0.2) is 17.5 Å². The zero-order valence-corrected chi connectivity index (χ0v) is 11.2. The Morgan fingerprint density at radius 3 is 3.00 bits per heavy atom. The molecule has 0 unspecified atom stereocenters.